The Hall–Kier alpha value is -2.65. The number of halogens is 1. The lowest BCUT2D eigenvalue weighted by molar-refractivity contribution is 0.235. The van der Waals surface area contributed by atoms with Crippen molar-refractivity contribution in [2.75, 3.05) is 49.6 Å². The van der Waals surface area contributed by atoms with Gasteiger partial charge in [0.15, 0.2) is 5.13 Å². The van der Waals surface area contributed by atoms with Crippen LogP contribution in [0.1, 0.15) is 19.7 Å². The number of aromatic nitrogens is 4. The van der Waals surface area contributed by atoms with Gasteiger partial charge in [0, 0.05) is 57.4 Å². The van der Waals surface area contributed by atoms with Crippen LogP contribution in [0.5, 0.6) is 0 Å². The number of nitrogens with zero attached hydrogens (tertiary/aromatic N) is 6. The predicted octanol–water partition coefficient (Wildman–Crippen LogP) is 4.16. The summed E-state index contributed by atoms with van der Waals surface area (Å²) in [6.45, 7) is 9.45. The smallest absolute Gasteiger partial charge is 0.188 e. The molecule has 160 valence electrons. The molecule has 1 saturated heterocycles. The first-order valence-electron chi connectivity index (χ1n) is 10.2. The third-order valence-corrected chi connectivity index (χ3v) is 5.59. The van der Waals surface area contributed by atoms with E-state index in [0.717, 1.165) is 53.4 Å². The molecule has 0 bridgehead atoms. The Bertz CT molecular complexity index is 911. The number of hydrogen-bond donors (Lipinski definition) is 1. The first-order valence-corrected chi connectivity index (χ1v) is 11.0. The zero-order chi connectivity index (χ0) is 21.3. The first kappa shape index (κ1) is 22.0. The van der Waals surface area contributed by atoms with Gasteiger partial charge in [0.2, 0.25) is 0 Å². The average Bonchev–Trinajstić information content (AvgIpc) is 3.25. The highest BCUT2D eigenvalue weighted by atomic mass is 32.1. The van der Waals surface area contributed by atoms with Gasteiger partial charge in [-0.1, -0.05) is 25.2 Å². The Morgan fingerprint density at radius 2 is 1.83 bits per heavy atom. The molecule has 1 fully saturated rings. The maximum atomic E-state index is 12.5. The topological polar surface area (TPSA) is 70.1 Å². The molecule has 4 heterocycles. The van der Waals surface area contributed by atoms with Crippen molar-refractivity contribution in [2.24, 2.45) is 0 Å². The van der Waals surface area contributed by atoms with Gasteiger partial charge < -0.3 is 10.2 Å². The molecule has 9 heteroatoms. The number of anilines is 3. The summed E-state index contributed by atoms with van der Waals surface area (Å²) in [5, 5.41) is 4.08. The number of hydrogen-bond acceptors (Lipinski definition) is 8. The molecule has 0 unspecified atom stereocenters. The minimum absolute atomic E-state index is 0.296. The van der Waals surface area contributed by atoms with Crippen LogP contribution in [-0.4, -0.2) is 64.2 Å². The van der Waals surface area contributed by atoms with Crippen LogP contribution in [0.25, 0.3) is 10.4 Å². The van der Waals surface area contributed by atoms with Crippen molar-refractivity contribution in [3.8, 4) is 10.4 Å². The largest absolute Gasteiger partial charge is 0.354 e. The lowest BCUT2D eigenvalue weighted by atomic mass is 10.2. The molecule has 1 aliphatic heterocycles. The Balaban J connectivity index is 0.00000124. The van der Waals surface area contributed by atoms with Crippen molar-refractivity contribution < 1.29 is 4.39 Å². The molecule has 7 nitrogen and oxygen atoms in total. The van der Waals surface area contributed by atoms with E-state index in [2.05, 4.69) is 35.1 Å². The number of thiazole rings is 1. The van der Waals surface area contributed by atoms with Crippen LogP contribution in [-0.2, 0) is 0 Å². The average molecular weight is 430 g/mol. The summed E-state index contributed by atoms with van der Waals surface area (Å²) in [6, 6.07) is 5.88. The maximum Gasteiger partial charge on any atom is 0.188 e. The van der Waals surface area contributed by atoms with Gasteiger partial charge in [-0.05, 0) is 24.6 Å². The van der Waals surface area contributed by atoms with Gasteiger partial charge in [0.25, 0.3) is 0 Å². The minimum Gasteiger partial charge on any atom is -0.354 e. The Morgan fingerprint density at radius 3 is 2.53 bits per heavy atom. The molecule has 0 saturated carbocycles. The van der Waals surface area contributed by atoms with Crippen LogP contribution in [0.15, 0.2) is 36.8 Å². The van der Waals surface area contributed by atoms with Crippen molar-refractivity contribution in [1.82, 2.24) is 24.8 Å². The molecule has 0 amide bonds. The third-order valence-electron chi connectivity index (χ3n) is 4.63. The fourth-order valence-corrected chi connectivity index (χ4v) is 4.02. The van der Waals surface area contributed by atoms with Crippen LogP contribution in [0, 0.1) is 6.92 Å². The van der Waals surface area contributed by atoms with Gasteiger partial charge in [-0.3, -0.25) is 9.88 Å². The van der Waals surface area contributed by atoms with Crippen LogP contribution >= 0.6 is 11.3 Å². The molecule has 1 N–H and O–H groups in total. The molecule has 1 aliphatic rings. The van der Waals surface area contributed by atoms with Crippen molar-refractivity contribution in [3.05, 3.63) is 42.6 Å². The highest BCUT2D eigenvalue weighted by Gasteiger charge is 2.19. The number of alkyl halides is 1. The number of nitrogens with one attached hydrogen (secondary N) is 1. The van der Waals surface area contributed by atoms with E-state index in [1.807, 2.05) is 45.2 Å². The number of piperazine rings is 1. The van der Waals surface area contributed by atoms with E-state index >= 15 is 0 Å². The summed E-state index contributed by atoms with van der Waals surface area (Å²) in [6.07, 6.45) is 5.40. The number of aryl methyl sites for hydroxylation is 1. The molecule has 0 aliphatic carbocycles. The van der Waals surface area contributed by atoms with E-state index < -0.39 is 0 Å². The maximum absolute atomic E-state index is 12.5. The Morgan fingerprint density at radius 1 is 1.10 bits per heavy atom. The van der Waals surface area contributed by atoms with E-state index in [4.69, 9.17) is 0 Å². The van der Waals surface area contributed by atoms with Crippen LogP contribution in [0.3, 0.4) is 0 Å². The molecular weight excluding hydrogens is 401 g/mol. The normalized spacial score (nSPS) is 14.2. The number of pyridine rings is 1. The minimum atomic E-state index is -0.296. The second kappa shape index (κ2) is 10.9. The quantitative estimate of drug-likeness (QED) is 0.631. The van der Waals surface area contributed by atoms with E-state index in [9.17, 15) is 4.39 Å². The highest BCUT2D eigenvalue weighted by Crippen LogP contribution is 2.30. The summed E-state index contributed by atoms with van der Waals surface area (Å²) < 4.78 is 12.5. The summed E-state index contributed by atoms with van der Waals surface area (Å²) in [5.74, 6) is 2.32. The molecule has 30 heavy (non-hydrogen) atoms. The molecule has 0 radical (unpaired) electrons. The summed E-state index contributed by atoms with van der Waals surface area (Å²) >= 11 is 1.57. The molecule has 3 aromatic heterocycles. The molecule has 0 aromatic carbocycles. The highest BCUT2D eigenvalue weighted by molar-refractivity contribution is 7.18. The van der Waals surface area contributed by atoms with Gasteiger partial charge in [-0.15, -0.1) is 0 Å². The van der Waals surface area contributed by atoms with Gasteiger partial charge >= 0.3 is 0 Å². The lowest BCUT2D eigenvalue weighted by Crippen LogP contribution is -2.47. The van der Waals surface area contributed by atoms with Gasteiger partial charge in [0.05, 0.1) is 4.88 Å². The van der Waals surface area contributed by atoms with Crippen LogP contribution in [0.2, 0.25) is 0 Å². The van der Waals surface area contributed by atoms with Crippen molar-refractivity contribution in [2.45, 2.75) is 20.8 Å². The Kier molecular flexibility index (Phi) is 8.04. The van der Waals surface area contributed by atoms with Gasteiger partial charge in [-0.25, -0.2) is 19.3 Å². The zero-order valence-electron chi connectivity index (χ0n) is 17.7. The van der Waals surface area contributed by atoms with Crippen molar-refractivity contribution in [3.63, 3.8) is 0 Å². The van der Waals surface area contributed by atoms with E-state index in [-0.39, 0.29) is 6.67 Å². The zero-order valence-corrected chi connectivity index (χ0v) is 18.5. The molecule has 4 rings (SSSR count). The third kappa shape index (κ3) is 5.70. The first-order chi connectivity index (χ1) is 14.7. The fraction of sp³-hybridized carbons (Fsp3) is 0.429. The van der Waals surface area contributed by atoms with Crippen LogP contribution in [0.4, 0.5) is 21.2 Å². The second-order valence-corrected chi connectivity index (χ2v) is 7.60. The SMILES string of the molecule is CC.Cc1nc(Nc2ncc(-c3ccncc3)s2)cc(N2CCN(CCF)CC2)n1. The van der Waals surface area contributed by atoms with Crippen molar-refractivity contribution in [1.29, 1.82) is 0 Å². The molecule has 3 aromatic rings. The summed E-state index contributed by atoms with van der Waals surface area (Å²) in [4.78, 5) is 23.0. The fourth-order valence-electron chi connectivity index (χ4n) is 3.19. The predicted molar refractivity (Wildman–Crippen MR) is 121 cm³/mol. The van der Waals surface area contributed by atoms with E-state index in [0.29, 0.717) is 12.4 Å². The van der Waals surface area contributed by atoms with E-state index in [1.165, 1.54) is 0 Å². The molecular formula is C21H28FN7S. The van der Waals surface area contributed by atoms with Gasteiger partial charge in [0.1, 0.15) is 24.1 Å². The Labute approximate surface area is 181 Å². The molecule has 0 atom stereocenters. The monoisotopic (exact) mass is 429 g/mol. The van der Waals surface area contributed by atoms with E-state index in [1.54, 1.807) is 23.7 Å². The lowest BCUT2D eigenvalue weighted by Gasteiger charge is -2.35. The van der Waals surface area contributed by atoms with Crippen molar-refractivity contribution >= 4 is 28.1 Å². The van der Waals surface area contributed by atoms with Crippen LogP contribution < -0.4 is 10.2 Å². The summed E-state index contributed by atoms with van der Waals surface area (Å²) in [5.41, 5.74) is 1.09. The molecule has 0 spiro atoms. The number of rotatable bonds is 6. The summed E-state index contributed by atoms with van der Waals surface area (Å²) in [7, 11) is 0. The standard InChI is InChI=1S/C19H22FN7S.C2H6/c1-14-23-17(12-18(24-14)27-10-8-26(7-4-20)9-11-27)25-19-22-13-16(28-19)15-2-5-21-6-3-15;1-2/h2-3,5-6,12-13H,4,7-11H2,1H3,(H,22,23,24,25);1-2H3. The van der Waals surface area contributed by atoms with Gasteiger partial charge in [-0.2, -0.15) is 0 Å². The second-order valence-electron chi connectivity index (χ2n) is 6.57.